The first-order valence-electron chi connectivity index (χ1n) is 11.3. The summed E-state index contributed by atoms with van der Waals surface area (Å²) >= 11 is 0. The van der Waals surface area contributed by atoms with Crippen LogP contribution in [-0.2, 0) is 16.8 Å². The third-order valence-electron chi connectivity index (χ3n) is 5.20. The van der Waals surface area contributed by atoms with Crippen molar-refractivity contribution in [2.45, 2.75) is 46.6 Å². The van der Waals surface area contributed by atoms with E-state index in [1.807, 2.05) is 19.1 Å². The SMILES string of the molecule is CCOc1ccc(C(=O)Nc2ccc(NC(C)=O)cc2)cc1COc1ccc(C(C)(C)C)cc1. The standard InChI is InChI=1S/C28H32N2O4/c1-6-33-26-16-7-20(27(32)30-24-12-10-23(11-13-24)29-19(2)31)17-21(26)18-34-25-14-8-22(9-15-25)28(3,4)5/h7-17H,6,18H2,1-5H3,(H,29,31)(H,30,32). The van der Waals surface area contributed by atoms with E-state index >= 15 is 0 Å². The fourth-order valence-electron chi connectivity index (χ4n) is 3.39. The minimum atomic E-state index is -0.244. The van der Waals surface area contributed by atoms with Crippen LogP contribution in [0.1, 0.15) is 56.1 Å². The van der Waals surface area contributed by atoms with Gasteiger partial charge in [-0.05, 0) is 72.5 Å². The minimum absolute atomic E-state index is 0.0760. The molecule has 0 spiro atoms. The maximum absolute atomic E-state index is 12.8. The van der Waals surface area contributed by atoms with E-state index in [-0.39, 0.29) is 23.8 Å². The van der Waals surface area contributed by atoms with Gasteiger partial charge in [-0.1, -0.05) is 32.9 Å². The number of anilines is 2. The van der Waals surface area contributed by atoms with Gasteiger partial charge in [0.15, 0.2) is 0 Å². The molecule has 0 heterocycles. The van der Waals surface area contributed by atoms with Crippen molar-refractivity contribution in [1.29, 1.82) is 0 Å². The lowest BCUT2D eigenvalue weighted by Crippen LogP contribution is -2.13. The quantitative estimate of drug-likeness (QED) is 0.421. The highest BCUT2D eigenvalue weighted by atomic mass is 16.5. The second-order valence-electron chi connectivity index (χ2n) is 9.03. The third-order valence-corrected chi connectivity index (χ3v) is 5.20. The Labute approximate surface area is 201 Å². The molecule has 6 nitrogen and oxygen atoms in total. The summed E-state index contributed by atoms with van der Waals surface area (Å²) in [5.41, 5.74) is 3.89. The van der Waals surface area contributed by atoms with Crippen molar-refractivity contribution < 1.29 is 19.1 Å². The molecule has 0 bridgehead atoms. The van der Waals surface area contributed by atoms with E-state index < -0.39 is 0 Å². The molecule has 2 amide bonds. The van der Waals surface area contributed by atoms with Crippen molar-refractivity contribution in [3.63, 3.8) is 0 Å². The summed E-state index contributed by atoms with van der Waals surface area (Å²) in [5, 5.41) is 5.58. The molecule has 0 aliphatic heterocycles. The van der Waals surface area contributed by atoms with Gasteiger partial charge in [0.05, 0.1) is 6.61 Å². The molecule has 0 radical (unpaired) electrons. The summed E-state index contributed by atoms with van der Waals surface area (Å²) in [6.07, 6.45) is 0. The number of carbonyl (C=O) groups excluding carboxylic acids is 2. The average molecular weight is 461 g/mol. The minimum Gasteiger partial charge on any atom is -0.493 e. The molecule has 0 atom stereocenters. The Hall–Kier alpha value is -3.80. The first-order valence-corrected chi connectivity index (χ1v) is 11.3. The number of amides is 2. The van der Waals surface area contributed by atoms with Crippen molar-refractivity contribution in [2.75, 3.05) is 17.2 Å². The predicted molar refractivity (Wildman–Crippen MR) is 136 cm³/mol. The summed E-state index contributed by atoms with van der Waals surface area (Å²) in [5.74, 6) is 1.05. The van der Waals surface area contributed by atoms with Gasteiger partial charge in [-0.2, -0.15) is 0 Å². The summed E-state index contributed by atoms with van der Waals surface area (Å²) < 4.78 is 11.7. The van der Waals surface area contributed by atoms with Crippen molar-refractivity contribution in [2.24, 2.45) is 0 Å². The molecule has 34 heavy (non-hydrogen) atoms. The van der Waals surface area contributed by atoms with E-state index in [1.54, 1.807) is 42.5 Å². The van der Waals surface area contributed by atoms with Gasteiger partial charge in [0.1, 0.15) is 18.1 Å². The van der Waals surface area contributed by atoms with Gasteiger partial charge < -0.3 is 20.1 Å². The summed E-state index contributed by atoms with van der Waals surface area (Å²) in [4.78, 5) is 24.0. The molecule has 0 fully saturated rings. The number of nitrogens with one attached hydrogen (secondary N) is 2. The number of carbonyl (C=O) groups is 2. The number of benzene rings is 3. The van der Waals surface area contributed by atoms with E-state index in [2.05, 4.69) is 43.5 Å². The highest BCUT2D eigenvalue weighted by Crippen LogP contribution is 2.26. The first kappa shape index (κ1) is 24.8. The zero-order chi connectivity index (χ0) is 24.7. The fraction of sp³-hybridized carbons (Fsp3) is 0.286. The summed E-state index contributed by atoms with van der Waals surface area (Å²) in [6.45, 7) is 10.7. The molecular formula is C28H32N2O4. The van der Waals surface area contributed by atoms with Crippen LogP contribution in [0.5, 0.6) is 11.5 Å². The van der Waals surface area contributed by atoms with Gasteiger partial charge in [-0.25, -0.2) is 0 Å². The topological polar surface area (TPSA) is 76.7 Å². The molecule has 3 aromatic rings. The second-order valence-corrected chi connectivity index (χ2v) is 9.03. The molecule has 6 heteroatoms. The Balaban J connectivity index is 1.72. The molecule has 178 valence electrons. The van der Waals surface area contributed by atoms with Crippen LogP contribution >= 0.6 is 0 Å². The third kappa shape index (κ3) is 6.85. The molecule has 2 N–H and O–H groups in total. The molecule has 0 unspecified atom stereocenters. The van der Waals surface area contributed by atoms with Crippen LogP contribution in [0.4, 0.5) is 11.4 Å². The van der Waals surface area contributed by atoms with Crippen molar-refractivity contribution in [1.82, 2.24) is 0 Å². The smallest absolute Gasteiger partial charge is 0.255 e. The average Bonchev–Trinajstić information content (AvgIpc) is 2.79. The highest BCUT2D eigenvalue weighted by molar-refractivity contribution is 6.04. The maximum Gasteiger partial charge on any atom is 0.255 e. The molecule has 0 saturated heterocycles. The Morgan fingerprint density at radius 2 is 1.44 bits per heavy atom. The lowest BCUT2D eigenvalue weighted by Gasteiger charge is -2.19. The Morgan fingerprint density at radius 3 is 2.00 bits per heavy atom. The van der Waals surface area contributed by atoms with Crippen LogP contribution in [0.3, 0.4) is 0 Å². The van der Waals surface area contributed by atoms with Crippen molar-refractivity contribution in [3.8, 4) is 11.5 Å². The molecular weight excluding hydrogens is 428 g/mol. The Bertz CT molecular complexity index is 1130. The molecule has 3 aromatic carbocycles. The van der Waals surface area contributed by atoms with E-state index in [1.165, 1.54) is 12.5 Å². The largest absolute Gasteiger partial charge is 0.493 e. The van der Waals surface area contributed by atoms with Gasteiger partial charge in [-0.15, -0.1) is 0 Å². The van der Waals surface area contributed by atoms with Gasteiger partial charge >= 0.3 is 0 Å². The first-order chi connectivity index (χ1) is 16.2. The number of ether oxygens (including phenoxy) is 2. The molecule has 0 aliphatic rings. The highest BCUT2D eigenvalue weighted by Gasteiger charge is 2.14. The molecule has 0 aliphatic carbocycles. The zero-order valence-corrected chi connectivity index (χ0v) is 20.4. The number of rotatable bonds is 8. The molecule has 0 saturated carbocycles. The van der Waals surface area contributed by atoms with Crippen LogP contribution in [-0.4, -0.2) is 18.4 Å². The van der Waals surface area contributed by atoms with Gasteiger partial charge in [-0.3, -0.25) is 9.59 Å². The number of hydrogen-bond acceptors (Lipinski definition) is 4. The van der Waals surface area contributed by atoms with Crippen molar-refractivity contribution >= 4 is 23.2 Å². The van der Waals surface area contributed by atoms with Crippen LogP contribution < -0.4 is 20.1 Å². The lowest BCUT2D eigenvalue weighted by atomic mass is 9.87. The van der Waals surface area contributed by atoms with Gasteiger partial charge in [0.25, 0.3) is 5.91 Å². The van der Waals surface area contributed by atoms with Crippen LogP contribution in [0.25, 0.3) is 0 Å². The Morgan fingerprint density at radius 1 is 0.824 bits per heavy atom. The zero-order valence-electron chi connectivity index (χ0n) is 20.4. The van der Waals surface area contributed by atoms with E-state index in [9.17, 15) is 9.59 Å². The fourth-order valence-corrected chi connectivity index (χ4v) is 3.39. The molecule has 0 aromatic heterocycles. The van der Waals surface area contributed by atoms with Crippen LogP contribution in [0.2, 0.25) is 0 Å². The Kier molecular flexibility index (Phi) is 7.95. The van der Waals surface area contributed by atoms with Crippen LogP contribution in [0.15, 0.2) is 66.7 Å². The summed E-state index contributed by atoms with van der Waals surface area (Å²) in [7, 11) is 0. The van der Waals surface area contributed by atoms with E-state index in [4.69, 9.17) is 9.47 Å². The second kappa shape index (κ2) is 10.9. The normalized spacial score (nSPS) is 11.0. The molecule has 3 rings (SSSR count). The van der Waals surface area contributed by atoms with E-state index in [0.29, 0.717) is 29.3 Å². The van der Waals surface area contributed by atoms with Crippen LogP contribution in [0, 0.1) is 0 Å². The monoisotopic (exact) mass is 460 g/mol. The lowest BCUT2D eigenvalue weighted by molar-refractivity contribution is -0.114. The van der Waals surface area contributed by atoms with E-state index in [0.717, 1.165) is 11.3 Å². The van der Waals surface area contributed by atoms with Crippen molar-refractivity contribution in [3.05, 3.63) is 83.4 Å². The van der Waals surface area contributed by atoms with Gasteiger partial charge in [0, 0.05) is 29.4 Å². The van der Waals surface area contributed by atoms with Gasteiger partial charge in [0.2, 0.25) is 5.91 Å². The summed E-state index contributed by atoms with van der Waals surface area (Å²) in [6, 6.07) is 20.3. The predicted octanol–water partition coefficient (Wildman–Crippen LogP) is 6.17. The maximum atomic E-state index is 12.8. The number of hydrogen-bond donors (Lipinski definition) is 2.